The Bertz CT molecular complexity index is 218. The molecule has 2 aliphatic carbocycles. The summed E-state index contributed by atoms with van der Waals surface area (Å²) in [6.45, 7) is 0. The number of aliphatic carboxylic acids is 1. The highest BCUT2D eigenvalue weighted by Crippen LogP contribution is 2.38. The van der Waals surface area contributed by atoms with E-state index in [1.165, 1.54) is 19.3 Å². The molecule has 0 spiro atoms. The molecular formula is C10H17NO2S. The van der Waals surface area contributed by atoms with Crippen molar-refractivity contribution in [2.24, 2.45) is 17.6 Å². The van der Waals surface area contributed by atoms with E-state index in [1.54, 1.807) is 0 Å². The lowest BCUT2D eigenvalue weighted by Crippen LogP contribution is -2.31. The first-order valence-corrected chi connectivity index (χ1v) is 5.54. The quantitative estimate of drug-likeness (QED) is 0.480. The van der Waals surface area contributed by atoms with Crippen LogP contribution < -0.4 is 5.73 Å². The fourth-order valence-electron chi connectivity index (χ4n) is 1.79. The van der Waals surface area contributed by atoms with Crippen molar-refractivity contribution in [1.29, 1.82) is 0 Å². The van der Waals surface area contributed by atoms with Crippen molar-refractivity contribution >= 4 is 18.6 Å². The van der Waals surface area contributed by atoms with Crippen LogP contribution in [0.25, 0.3) is 0 Å². The zero-order valence-electron chi connectivity index (χ0n) is 8.10. The zero-order valence-corrected chi connectivity index (χ0v) is 8.99. The molecule has 1 fully saturated rings. The molecule has 3 unspecified atom stereocenters. The highest BCUT2D eigenvalue weighted by molar-refractivity contribution is 7.80. The summed E-state index contributed by atoms with van der Waals surface area (Å²) in [5.41, 5.74) is 4.94. The molecule has 1 saturated carbocycles. The Morgan fingerprint density at radius 2 is 2.00 bits per heavy atom. The van der Waals surface area contributed by atoms with E-state index < -0.39 is 12.0 Å². The Morgan fingerprint density at radius 3 is 2.07 bits per heavy atom. The number of fused-ring (bicyclic) bond motifs is 2. The fourth-order valence-corrected chi connectivity index (χ4v) is 1.95. The lowest BCUT2D eigenvalue weighted by atomic mass is 10.1. The minimum absolute atomic E-state index is 0.190. The van der Waals surface area contributed by atoms with Crippen molar-refractivity contribution in [2.75, 3.05) is 5.75 Å². The van der Waals surface area contributed by atoms with Gasteiger partial charge in [-0.2, -0.15) is 12.6 Å². The van der Waals surface area contributed by atoms with Gasteiger partial charge in [-0.15, -0.1) is 0 Å². The van der Waals surface area contributed by atoms with Crippen LogP contribution >= 0.6 is 12.6 Å². The number of allylic oxidation sites excluding steroid dienone is 2. The Kier molecular flexibility index (Phi) is 4.48. The third kappa shape index (κ3) is 3.35. The van der Waals surface area contributed by atoms with E-state index in [-0.39, 0.29) is 5.75 Å². The predicted octanol–water partition coefficient (Wildman–Crippen LogP) is 1.30. The topological polar surface area (TPSA) is 63.3 Å². The first-order valence-electron chi connectivity index (χ1n) is 4.91. The van der Waals surface area contributed by atoms with Crippen LogP contribution in [-0.2, 0) is 4.79 Å². The molecular weight excluding hydrogens is 198 g/mol. The highest BCUT2D eigenvalue weighted by atomic mass is 32.1. The van der Waals surface area contributed by atoms with Crippen LogP contribution in [0.5, 0.6) is 0 Å². The van der Waals surface area contributed by atoms with Gasteiger partial charge < -0.3 is 10.8 Å². The Labute approximate surface area is 89.8 Å². The van der Waals surface area contributed by atoms with E-state index in [0.717, 1.165) is 11.8 Å². The molecule has 4 heteroatoms. The largest absolute Gasteiger partial charge is 0.480 e. The van der Waals surface area contributed by atoms with Crippen molar-refractivity contribution in [3.63, 3.8) is 0 Å². The number of hydrogen-bond donors (Lipinski definition) is 3. The third-order valence-electron chi connectivity index (χ3n) is 2.68. The smallest absolute Gasteiger partial charge is 0.321 e. The molecule has 0 aromatic heterocycles. The van der Waals surface area contributed by atoms with Gasteiger partial charge in [0.25, 0.3) is 0 Å². The molecule has 3 N–H and O–H groups in total. The molecule has 0 aliphatic heterocycles. The molecule has 0 saturated heterocycles. The summed E-state index contributed by atoms with van der Waals surface area (Å²) in [6.07, 6.45) is 9.19. The summed E-state index contributed by atoms with van der Waals surface area (Å²) in [5.74, 6) is 1.17. The summed E-state index contributed by atoms with van der Waals surface area (Å²) in [5, 5.41) is 8.01. The standard InChI is InChI=1S/C7H10.C3H7NO2S/c1-2-7-4-3-6(1)5-7;4-2(1-7)3(5)6/h1-2,6-7H,3-5H2;2,7H,1,4H2,(H,5,6). The van der Waals surface area contributed by atoms with E-state index in [2.05, 4.69) is 24.8 Å². The number of thiol groups is 1. The Morgan fingerprint density at radius 1 is 1.50 bits per heavy atom. The van der Waals surface area contributed by atoms with Gasteiger partial charge in [0.2, 0.25) is 0 Å². The lowest BCUT2D eigenvalue weighted by molar-refractivity contribution is -0.137. The molecule has 0 radical (unpaired) electrons. The maximum absolute atomic E-state index is 9.76. The zero-order chi connectivity index (χ0) is 10.6. The number of nitrogens with two attached hydrogens (primary N) is 1. The van der Waals surface area contributed by atoms with Gasteiger partial charge in [0.15, 0.2) is 0 Å². The first kappa shape index (κ1) is 11.6. The number of carboxylic acid groups (broad SMARTS) is 1. The van der Waals surface area contributed by atoms with E-state index in [1.807, 2.05) is 0 Å². The van der Waals surface area contributed by atoms with Crippen LogP contribution in [0.15, 0.2) is 12.2 Å². The second-order valence-corrected chi connectivity index (χ2v) is 4.21. The van der Waals surface area contributed by atoms with Gasteiger partial charge >= 0.3 is 5.97 Å². The minimum atomic E-state index is -1.00. The molecule has 2 aliphatic rings. The van der Waals surface area contributed by atoms with E-state index >= 15 is 0 Å². The molecule has 0 amide bonds. The SMILES string of the molecule is C1=CC2CCC1C2.NC(CS)C(=O)O. The van der Waals surface area contributed by atoms with Gasteiger partial charge in [-0.05, 0) is 31.1 Å². The number of hydrogen-bond acceptors (Lipinski definition) is 3. The molecule has 2 bridgehead atoms. The first-order chi connectivity index (χ1) is 6.63. The van der Waals surface area contributed by atoms with Gasteiger partial charge in [0, 0.05) is 5.75 Å². The summed E-state index contributed by atoms with van der Waals surface area (Å²) < 4.78 is 0. The van der Waals surface area contributed by atoms with Gasteiger partial charge in [-0.3, -0.25) is 4.79 Å². The predicted molar refractivity (Wildman–Crippen MR) is 59.4 cm³/mol. The van der Waals surface area contributed by atoms with Gasteiger partial charge in [-0.1, -0.05) is 12.2 Å². The molecule has 3 atom stereocenters. The van der Waals surface area contributed by atoms with Crippen LogP contribution in [0.1, 0.15) is 19.3 Å². The molecule has 2 rings (SSSR count). The van der Waals surface area contributed by atoms with Crippen LogP contribution in [0.4, 0.5) is 0 Å². The van der Waals surface area contributed by atoms with E-state index in [4.69, 9.17) is 10.8 Å². The van der Waals surface area contributed by atoms with Crippen molar-refractivity contribution in [3.8, 4) is 0 Å². The molecule has 3 nitrogen and oxygen atoms in total. The third-order valence-corrected chi connectivity index (χ3v) is 3.08. The summed E-state index contributed by atoms with van der Waals surface area (Å²) >= 11 is 3.65. The number of carbonyl (C=O) groups is 1. The Balaban J connectivity index is 0.000000140. The maximum Gasteiger partial charge on any atom is 0.321 e. The fraction of sp³-hybridized carbons (Fsp3) is 0.700. The highest BCUT2D eigenvalue weighted by Gasteiger charge is 2.25. The van der Waals surface area contributed by atoms with Crippen molar-refractivity contribution < 1.29 is 9.90 Å². The summed E-state index contributed by atoms with van der Waals surface area (Å²) in [4.78, 5) is 9.76. The number of carboxylic acids is 1. The average molecular weight is 215 g/mol. The second kappa shape index (κ2) is 5.41. The summed E-state index contributed by atoms with van der Waals surface area (Å²) in [7, 11) is 0. The molecule has 0 aromatic rings. The average Bonchev–Trinajstić information content (AvgIpc) is 2.80. The van der Waals surface area contributed by atoms with E-state index in [0.29, 0.717) is 0 Å². The van der Waals surface area contributed by atoms with E-state index in [9.17, 15) is 4.79 Å². The van der Waals surface area contributed by atoms with Crippen molar-refractivity contribution in [3.05, 3.63) is 12.2 Å². The van der Waals surface area contributed by atoms with Crippen LogP contribution in [0.3, 0.4) is 0 Å². The lowest BCUT2D eigenvalue weighted by Gasteiger charge is -1.96. The van der Waals surface area contributed by atoms with Crippen LogP contribution in [0, 0.1) is 11.8 Å². The van der Waals surface area contributed by atoms with Crippen molar-refractivity contribution in [1.82, 2.24) is 0 Å². The molecule has 0 heterocycles. The maximum atomic E-state index is 9.76. The van der Waals surface area contributed by atoms with Crippen LogP contribution in [-0.4, -0.2) is 22.9 Å². The normalized spacial score (nSPS) is 29.6. The Hall–Kier alpha value is -0.480. The van der Waals surface area contributed by atoms with Crippen LogP contribution in [0.2, 0.25) is 0 Å². The van der Waals surface area contributed by atoms with Crippen molar-refractivity contribution in [2.45, 2.75) is 25.3 Å². The second-order valence-electron chi connectivity index (χ2n) is 3.85. The number of rotatable bonds is 2. The minimum Gasteiger partial charge on any atom is -0.480 e. The van der Waals surface area contributed by atoms with Gasteiger partial charge in [-0.25, -0.2) is 0 Å². The van der Waals surface area contributed by atoms with Gasteiger partial charge in [0.1, 0.15) is 6.04 Å². The molecule has 14 heavy (non-hydrogen) atoms. The summed E-state index contributed by atoms with van der Waals surface area (Å²) in [6, 6.07) is -0.816. The van der Waals surface area contributed by atoms with Gasteiger partial charge in [0.05, 0.1) is 0 Å². The monoisotopic (exact) mass is 215 g/mol. The molecule has 80 valence electrons. The molecule has 0 aromatic carbocycles.